The Hall–Kier alpha value is -0.120. The van der Waals surface area contributed by atoms with Gasteiger partial charge in [0.2, 0.25) is 0 Å². The second-order valence-electron chi connectivity index (χ2n) is 1.80. The van der Waals surface area contributed by atoms with Gasteiger partial charge < -0.3 is 4.74 Å². The van der Waals surface area contributed by atoms with Crippen LogP contribution in [0, 0.1) is 0 Å². The molecular formula is C8H12CaO3. The molecule has 0 fully saturated rings. The first-order valence-electron chi connectivity index (χ1n) is 3.18. The van der Waals surface area contributed by atoms with Crippen LogP contribution in [-0.4, -0.2) is 49.7 Å². The molecule has 3 nitrogen and oxygen atoms in total. The van der Waals surface area contributed by atoms with Crippen LogP contribution in [0.25, 0.3) is 0 Å². The summed E-state index contributed by atoms with van der Waals surface area (Å²) in [4.78, 5) is 20.8. The zero-order chi connectivity index (χ0) is 8.69. The number of hydrogen-bond acceptors (Lipinski definition) is 3. The second-order valence-corrected chi connectivity index (χ2v) is 1.80. The van der Waals surface area contributed by atoms with Gasteiger partial charge in [-0.2, -0.15) is 0 Å². The predicted molar refractivity (Wildman–Crippen MR) is 49.3 cm³/mol. The van der Waals surface area contributed by atoms with E-state index in [9.17, 15) is 9.59 Å². The van der Waals surface area contributed by atoms with Crippen LogP contribution >= 0.6 is 0 Å². The van der Waals surface area contributed by atoms with Crippen LogP contribution < -0.4 is 0 Å². The van der Waals surface area contributed by atoms with E-state index in [4.69, 9.17) is 0 Å². The Balaban J connectivity index is 0. The summed E-state index contributed by atoms with van der Waals surface area (Å²) in [6, 6.07) is 0. The Labute approximate surface area is 101 Å². The summed E-state index contributed by atoms with van der Waals surface area (Å²) in [5.74, 6) is -1.24. The third-order valence-corrected chi connectivity index (χ3v) is 0.780. The van der Waals surface area contributed by atoms with E-state index in [0.29, 0.717) is 0 Å². The Morgan fingerprint density at radius 3 is 2.25 bits per heavy atom. The van der Waals surface area contributed by atoms with Crippen molar-refractivity contribution in [1.29, 1.82) is 0 Å². The minimum atomic E-state index is -0.643. The average Bonchev–Trinajstić information content (AvgIpc) is 1.86. The summed E-state index contributed by atoms with van der Waals surface area (Å²) >= 11 is 0. The molecular weight excluding hydrogens is 184 g/mol. The molecule has 12 heavy (non-hydrogen) atoms. The molecule has 0 atom stereocenters. The number of hydrogen-bond donors (Lipinski definition) is 0. The first-order valence-corrected chi connectivity index (χ1v) is 3.18. The van der Waals surface area contributed by atoms with Crippen molar-refractivity contribution in [2.75, 3.05) is 0 Å². The van der Waals surface area contributed by atoms with Crippen LogP contribution in [0.2, 0.25) is 0 Å². The molecule has 0 spiro atoms. The molecule has 0 aliphatic carbocycles. The monoisotopic (exact) mass is 196 g/mol. The molecule has 0 aliphatic rings. The standard InChI is InChI=1S/C8H10O3.Ca.2H/c1-3-4-5-6-8(10)11-7(2)9;;;/h3-6H,1-2H3;;;/b4-3+,6-5+;;;. The van der Waals surface area contributed by atoms with Crippen LogP contribution in [0.4, 0.5) is 0 Å². The predicted octanol–water partition coefficient (Wildman–Crippen LogP) is 0.292. The van der Waals surface area contributed by atoms with Gasteiger partial charge in [-0.05, 0) is 6.92 Å². The van der Waals surface area contributed by atoms with Gasteiger partial charge in [-0.3, -0.25) is 4.79 Å². The molecule has 0 radical (unpaired) electrons. The third kappa shape index (κ3) is 9.88. The topological polar surface area (TPSA) is 43.4 Å². The first kappa shape index (κ1) is 14.4. The van der Waals surface area contributed by atoms with Crippen molar-refractivity contribution in [1.82, 2.24) is 0 Å². The molecule has 0 heterocycles. The van der Waals surface area contributed by atoms with E-state index in [1.165, 1.54) is 19.1 Å². The molecule has 0 aromatic heterocycles. The fourth-order valence-electron chi connectivity index (χ4n) is 0.421. The number of carbonyl (C=O) groups is 2. The van der Waals surface area contributed by atoms with Crippen molar-refractivity contribution >= 4 is 49.7 Å². The molecule has 0 rings (SSSR count). The molecule has 0 N–H and O–H groups in total. The maximum absolute atomic E-state index is 10.6. The van der Waals surface area contributed by atoms with E-state index in [1.54, 1.807) is 12.2 Å². The van der Waals surface area contributed by atoms with Gasteiger partial charge in [-0.15, -0.1) is 0 Å². The van der Waals surface area contributed by atoms with Gasteiger partial charge in [0.1, 0.15) is 0 Å². The Kier molecular flexibility index (Phi) is 10.8. The van der Waals surface area contributed by atoms with Gasteiger partial charge in [0.05, 0.1) is 0 Å². The second kappa shape index (κ2) is 8.97. The molecule has 0 aromatic rings. The summed E-state index contributed by atoms with van der Waals surface area (Å²) in [6.07, 6.45) is 6.12. The van der Waals surface area contributed by atoms with E-state index in [1.807, 2.05) is 6.92 Å². The van der Waals surface area contributed by atoms with Crippen molar-refractivity contribution in [3.05, 3.63) is 24.3 Å². The third-order valence-electron chi connectivity index (χ3n) is 0.780. The number of carbonyl (C=O) groups excluding carboxylic acids is 2. The number of allylic oxidation sites excluding steroid dienone is 3. The van der Waals surface area contributed by atoms with Gasteiger partial charge >= 0.3 is 49.7 Å². The average molecular weight is 196 g/mol. The first-order chi connectivity index (χ1) is 5.16. The summed E-state index contributed by atoms with van der Waals surface area (Å²) in [5, 5.41) is 0. The fraction of sp³-hybridized carbons (Fsp3) is 0.250. The van der Waals surface area contributed by atoms with Gasteiger partial charge in [0, 0.05) is 13.0 Å². The molecule has 0 saturated heterocycles. The fourth-order valence-corrected chi connectivity index (χ4v) is 0.421. The van der Waals surface area contributed by atoms with Gasteiger partial charge in [-0.1, -0.05) is 18.2 Å². The quantitative estimate of drug-likeness (QED) is 0.210. The molecule has 0 aromatic carbocycles. The molecule has 4 heteroatoms. The van der Waals surface area contributed by atoms with Crippen molar-refractivity contribution in [3.63, 3.8) is 0 Å². The van der Waals surface area contributed by atoms with Crippen LogP contribution in [0.1, 0.15) is 13.8 Å². The summed E-state index contributed by atoms with van der Waals surface area (Å²) < 4.78 is 4.20. The van der Waals surface area contributed by atoms with Crippen molar-refractivity contribution in [2.24, 2.45) is 0 Å². The molecule has 0 unspecified atom stereocenters. The number of rotatable bonds is 2. The summed E-state index contributed by atoms with van der Waals surface area (Å²) in [6.45, 7) is 3.00. The minimum absolute atomic E-state index is 0. The maximum atomic E-state index is 10.6. The van der Waals surface area contributed by atoms with Crippen molar-refractivity contribution in [2.45, 2.75) is 13.8 Å². The van der Waals surface area contributed by atoms with E-state index >= 15 is 0 Å². The van der Waals surface area contributed by atoms with E-state index < -0.39 is 11.9 Å². The van der Waals surface area contributed by atoms with E-state index in [0.717, 1.165) is 0 Å². The van der Waals surface area contributed by atoms with E-state index in [2.05, 4.69) is 4.74 Å². The Morgan fingerprint density at radius 2 is 1.83 bits per heavy atom. The van der Waals surface area contributed by atoms with Gasteiger partial charge in [0.25, 0.3) is 0 Å². The molecule has 0 bridgehead atoms. The van der Waals surface area contributed by atoms with Crippen molar-refractivity contribution < 1.29 is 14.3 Å². The summed E-state index contributed by atoms with van der Waals surface area (Å²) in [5.41, 5.74) is 0. The molecule has 0 aliphatic heterocycles. The molecule has 0 amide bonds. The zero-order valence-electron chi connectivity index (χ0n) is 6.53. The Bertz CT molecular complexity index is 206. The van der Waals surface area contributed by atoms with Crippen LogP contribution in [0.15, 0.2) is 24.3 Å². The molecule has 64 valence electrons. The number of ether oxygens (including phenoxy) is 1. The van der Waals surface area contributed by atoms with Crippen LogP contribution in [0.3, 0.4) is 0 Å². The number of esters is 2. The van der Waals surface area contributed by atoms with Crippen LogP contribution in [-0.2, 0) is 14.3 Å². The van der Waals surface area contributed by atoms with Crippen molar-refractivity contribution in [3.8, 4) is 0 Å². The Morgan fingerprint density at radius 1 is 1.25 bits per heavy atom. The normalized spacial score (nSPS) is 9.83. The van der Waals surface area contributed by atoms with Gasteiger partial charge in [-0.25, -0.2) is 4.79 Å². The zero-order valence-corrected chi connectivity index (χ0v) is 6.53. The molecule has 0 saturated carbocycles. The summed E-state index contributed by atoms with van der Waals surface area (Å²) in [7, 11) is 0. The van der Waals surface area contributed by atoms with Gasteiger partial charge in [0.15, 0.2) is 0 Å². The van der Waals surface area contributed by atoms with Crippen LogP contribution in [0.5, 0.6) is 0 Å². The van der Waals surface area contributed by atoms with E-state index in [-0.39, 0.29) is 37.7 Å². The SMILES string of the molecule is C/C=C/C=C/C(=O)OC(C)=O.[CaH2].